The lowest BCUT2D eigenvalue weighted by Crippen LogP contribution is -2.16. The van der Waals surface area contributed by atoms with E-state index in [9.17, 15) is 19.2 Å². The van der Waals surface area contributed by atoms with Gasteiger partial charge in [-0.1, -0.05) is 0 Å². The van der Waals surface area contributed by atoms with Crippen molar-refractivity contribution in [2.45, 2.75) is 0 Å². The summed E-state index contributed by atoms with van der Waals surface area (Å²) >= 11 is 0. The Morgan fingerprint density at radius 1 is 0.478 bits per heavy atom. The summed E-state index contributed by atoms with van der Waals surface area (Å²) in [6.45, 7) is -0.444. The van der Waals surface area contributed by atoms with Gasteiger partial charge in [0.15, 0.2) is 23.0 Å². The molecule has 0 N–H and O–H groups in total. The summed E-state index contributed by atoms with van der Waals surface area (Å²) in [7, 11) is 5.63. The first-order valence-electron chi connectivity index (χ1n) is 13.8. The Labute approximate surface area is 262 Å². The second-order valence-corrected chi connectivity index (χ2v) is 9.91. The van der Waals surface area contributed by atoms with Crippen molar-refractivity contribution in [3.05, 3.63) is 82.9 Å². The highest BCUT2D eigenvalue weighted by Gasteiger charge is 2.37. The standard InChI is InChI=1S/C34H26O12/c1-39-19-9-5-17(6-10-19)25(35)27(37)23-13-21(31-33(29(23)41-3)45-15-43-31)22-14-24(30(42-4)34-32(22)44-16-46-34)28(38)26(36)18-7-11-20(40-2)12-8-18/h5-14H,15-16H2,1-4H3. The van der Waals surface area contributed by atoms with Crippen LogP contribution in [-0.4, -0.2) is 65.2 Å². The van der Waals surface area contributed by atoms with Crippen LogP contribution >= 0.6 is 0 Å². The van der Waals surface area contributed by atoms with Crippen LogP contribution in [0, 0.1) is 0 Å². The van der Waals surface area contributed by atoms with Gasteiger partial charge in [-0.3, -0.25) is 19.2 Å². The van der Waals surface area contributed by atoms with Gasteiger partial charge in [-0.05, 0) is 60.7 Å². The number of fused-ring (bicyclic) bond motifs is 2. The minimum Gasteiger partial charge on any atom is -0.497 e. The lowest BCUT2D eigenvalue weighted by Gasteiger charge is -2.17. The topological polar surface area (TPSA) is 142 Å². The van der Waals surface area contributed by atoms with Crippen LogP contribution in [0.15, 0.2) is 60.7 Å². The van der Waals surface area contributed by atoms with Gasteiger partial charge >= 0.3 is 0 Å². The molecule has 0 unspecified atom stereocenters. The van der Waals surface area contributed by atoms with E-state index in [1.54, 1.807) is 24.3 Å². The highest BCUT2D eigenvalue weighted by Crippen LogP contribution is 2.56. The number of carbonyl (C=O) groups is 4. The van der Waals surface area contributed by atoms with Crippen molar-refractivity contribution in [1.29, 1.82) is 0 Å². The van der Waals surface area contributed by atoms with Gasteiger partial charge in [0.1, 0.15) is 11.5 Å². The van der Waals surface area contributed by atoms with Gasteiger partial charge in [0.25, 0.3) is 0 Å². The maximum Gasteiger partial charge on any atom is 0.237 e. The molecule has 0 atom stereocenters. The molecule has 4 aromatic rings. The van der Waals surface area contributed by atoms with E-state index in [0.29, 0.717) is 11.5 Å². The molecule has 0 spiro atoms. The monoisotopic (exact) mass is 626 g/mol. The second-order valence-electron chi connectivity index (χ2n) is 9.91. The van der Waals surface area contributed by atoms with Crippen molar-refractivity contribution in [3.8, 4) is 57.1 Å². The van der Waals surface area contributed by atoms with E-state index in [2.05, 4.69) is 0 Å². The molecule has 46 heavy (non-hydrogen) atoms. The van der Waals surface area contributed by atoms with Crippen LogP contribution in [-0.2, 0) is 0 Å². The Hall–Kier alpha value is -6.04. The van der Waals surface area contributed by atoms with Crippen molar-refractivity contribution in [2.75, 3.05) is 42.0 Å². The summed E-state index contributed by atoms with van der Waals surface area (Å²) in [5, 5.41) is 0. The number of ketones is 4. The zero-order valence-corrected chi connectivity index (χ0v) is 25.1. The molecule has 12 heteroatoms. The Morgan fingerprint density at radius 3 is 1.15 bits per heavy atom. The number of Topliss-reactive ketones (excluding diaryl/α,β-unsaturated/α-hetero) is 4. The van der Waals surface area contributed by atoms with Gasteiger partial charge in [-0.25, -0.2) is 0 Å². The number of hydrogen-bond acceptors (Lipinski definition) is 12. The van der Waals surface area contributed by atoms with Gasteiger partial charge in [0.2, 0.25) is 48.2 Å². The molecular formula is C34H26O12. The molecule has 0 saturated carbocycles. The smallest absolute Gasteiger partial charge is 0.237 e. The maximum atomic E-state index is 13.7. The predicted octanol–water partition coefficient (Wildman–Crippen LogP) is 4.98. The Morgan fingerprint density at radius 2 is 0.826 bits per heavy atom. The van der Waals surface area contributed by atoms with Crippen LogP contribution in [0.25, 0.3) is 11.1 Å². The second kappa shape index (κ2) is 12.2. The van der Waals surface area contributed by atoms with E-state index < -0.39 is 23.1 Å². The van der Waals surface area contributed by atoms with Crippen molar-refractivity contribution < 1.29 is 57.1 Å². The average Bonchev–Trinajstić information content (AvgIpc) is 3.80. The van der Waals surface area contributed by atoms with Crippen molar-refractivity contribution in [3.63, 3.8) is 0 Å². The summed E-state index contributed by atoms with van der Waals surface area (Å²) in [5.41, 5.74) is 0.420. The normalized spacial score (nSPS) is 12.3. The first-order chi connectivity index (χ1) is 22.3. The van der Waals surface area contributed by atoms with Crippen LogP contribution in [0.4, 0.5) is 0 Å². The van der Waals surface area contributed by atoms with Crippen molar-refractivity contribution in [1.82, 2.24) is 0 Å². The highest BCUT2D eigenvalue weighted by atomic mass is 16.7. The van der Waals surface area contributed by atoms with Crippen LogP contribution in [0.2, 0.25) is 0 Å². The minimum absolute atomic E-state index is 0.0172. The summed E-state index contributed by atoms with van der Waals surface area (Å²) in [6, 6.07) is 14.9. The molecule has 4 aromatic carbocycles. The fraction of sp³-hybridized carbons (Fsp3) is 0.176. The van der Waals surface area contributed by atoms with Crippen LogP contribution in [0.1, 0.15) is 41.4 Å². The molecule has 234 valence electrons. The summed E-state index contributed by atoms with van der Waals surface area (Å²) in [5.74, 6) is -1.97. The third-order valence-electron chi connectivity index (χ3n) is 7.50. The number of ether oxygens (including phenoxy) is 8. The van der Waals surface area contributed by atoms with Gasteiger partial charge in [-0.15, -0.1) is 0 Å². The Kier molecular flexibility index (Phi) is 7.93. The van der Waals surface area contributed by atoms with E-state index in [1.165, 1.54) is 64.8 Å². The fourth-order valence-corrected chi connectivity index (χ4v) is 5.22. The molecule has 0 fully saturated rings. The number of rotatable bonds is 11. The fourth-order valence-electron chi connectivity index (χ4n) is 5.22. The lowest BCUT2D eigenvalue weighted by atomic mass is 9.91. The van der Waals surface area contributed by atoms with E-state index >= 15 is 0 Å². The van der Waals surface area contributed by atoms with E-state index in [4.69, 9.17) is 37.9 Å². The molecule has 0 amide bonds. The quantitative estimate of drug-likeness (QED) is 0.164. The zero-order valence-electron chi connectivity index (χ0n) is 25.1. The van der Waals surface area contributed by atoms with Crippen LogP contribution in [0.5, 0.6) is 46.0 Å². The molecule has 6 rings (SSSR count). The highest BCUT2D eigenvalue weighted by molar-refractivity contribution is 6.50. The van der Waals surface area contributed by atoms with Crippen molar-refractivity contribution in [2.24, 2.45) is 0 Å². The number of benzene rings is 4. The van der Waals surface area contributed by atoms with Crippen LogP contribution in [0.3, 0.4) is 0 Å². The molecule has 0 bridgehead atoms. The number of methoxy groups -OCH3 is 4. The first-order valence-corrected chi connectivity index (χ1v) is 13.8. The number of hydrogen-bond donors (Lipinski definition) is 0. The SMILES string of the molecule is COc1ccc(C(=O)C(=O)c2cc(-c3cc(C(=O)C(=O)c4ccc(OC)cc4)c(OC)c4c3OCO4)c3c(c2OC)OCO3)cc1. The van der Waals surface area contributed by atoms with E-state index in [-0.39, 0.29) is 81.5 Å². The molecule has 0 aromatic heterocycles. The molecule has 12 nitrogen and oxygen atoms in total. The minimum atomic E-state index is -0.894. The molecule has 2 heterocycles. The molecule has 2 aliphatic heterocycles. The zero-order chi connectivity index (χ0) is 32.5. The summed E-state index contributed by atoms with van der Waals surface area (Å²) < 4.78 is 44.3. The Bertz CT molecular complexity index is 1750. The molecule has 2 aliphatic rings. The lowest BCUT2D eigenvalue weighted by molar-refractivity contribution is 0.0814. The molecule has 0 radical (unpaired) electrons. The van der Waals surface area contributed by atoms with Gasteiger partial charge in [-0.2, -0.15) is 0 Å². The van der Waals surface area contributed by atoms with E-state index in [1.807, 2.05) is 0 Å². The predicted molar refractivity (Wildman–Crippen MR) is 161 cm³/mol. The summed E-state index contributed by atoms with van der Waals surface area (Å²) in [4.78, 5) is 54.2. The van der Waals surface area contributed by atoms with E-state index in [0.717, 1.165) is 0 Å². The molecular weight excluding hydrogens is 600 g/mol. The van der Waals surface area contributed by atoms with Gasteiger partial charge < -0.3 is 37.9 Å². The average molecular weight is 627 g/mol. The summed E-state index contributed by atoms with van der Waals surface area (Å²) in [6.07, 6.45) is 0. The van der Waals surface area contributed by atoms with Crippen molar-refractivity contribution >= 4 is 23.1 Å². The number of carbonyl (C=O) groups excluding carboxylic acids is 4. The molecule has 0 aliphatic carbocycles. The Balaban J connectivity index is 1.50. The maximum absolute atomic E-state index is 13.7. The largest absolute Gasteiger partial charge is 0.497 e. The van der Waals surface area contributed by atoms with Crippen LogP contribution < -0.4 is 37.9 Å². The first kappa shape index (κ1) is 30.0. The van der Waals surface area contributed by atoms with Gasteiger partial charge in [0.05, 0.1) is 39.6 Å². The molecule has 0 saturated heterocycles. The van der Waals surface area contributed by atoms with Gasteiger partial charge in [0, 0.05) is 22.3 Å². The third-order valence-corrected chi connectivity index (χ3v) is 7.50. The third kappa shape index (κ3) is 4.99.